The Morgan fingerprint density at radius 3 is 2.30 bits per heavy atom. The van der Waals surface area contributed by atoms with Crippen LogP contribution < -0.4 is 0 Å². The van der Waals surface area contributed by atoms with Crippen molar-refractivity contribution < 1.29 is 15.0 Å². The number of aliphatic carboxylic acids is 1. The van der Waals surface area contributed by atoms with Gasteiger partial charge in [-0.05, 0) is 6.42 Å². The monoisotopic (exact) mass is 145 g/mol. The third-order valence-electron chi connectivity index (χ3n) is 1.35. The fourth-order valence-electron chi connectivity index (χ4n) is 0.599. The minimum absolute atomic E-state index is 0.262. The molecule has 0 rings (SSSR count). The van der Waals surface area contributed by atoms with Gasteiger partial charge in [-0.2, -0.15) is 0 Å². The molecule has 0 aliphatic rings. The Balaban J connectivity index is 4.02. The third-order valence-corrected chi connectivity index (χ3v) is 1.35. The van der Waals surface area contributed by atoms with Gasteiger partial charge in [-0.15, -0.1) is 0 Å². The van der Waals surface area contributed by atoms with Gasteiger partial charge in [0.15, 0.2) is 0 Å². The number of hydrogen-bond donors (Lipinski definition) is 3. The van der Waals surface area contributed by atoms with E-state index in [2.05, 4.69) is 0 Å². The largest absolute Gasteiger partial charge is 0.477 e. The molecule has 4 nitrogen and oxygen atoms in total. The van der Waals surface area contributed by atoms with Crippen LogP contribution in [0.25, 0.3) is 0 Å². The first-order chi connectivity index (χ1) is 4.63. The first-order valence-corrected chi connectivity index (χ1v) is 3.06. The predicted octanol–water partition coefficient (Wildman–Crippen LogP) is 0.109. The molecule has 3 N–H and O–H groups in total. The maximum atomic E-state index is 10.1. The number of aliphatic hydroxyl groups excluding tert-OH is 1. The molecule has 0 fully saturated rings. The van der Waals surface area contributed by atoms with Crippen LogP contribution in [0.1, 0.15) is 13.3 Å². The molecule has 4 heteroatoms. The van der Waals surface area contributed by atoms with E-state index in [0.717, 1.165) is 0 Å². The van der Waals surface area contributed by atoms with E-state index < -0.39 is 17.6 Å². The molecule has 0 aliphatic carbocycles. The Morgan fingerprint density at radius 2 is 2.20 bits per heavy atom. The molecule has 0 aromatic heterocycles. The molecule has 0 saturated carbocycles. The average Bonchev–Trinajstić information content (AvgIpc) is 1.90. The average molecular weight is 145 g/mol. The number of nitrogens with one attached hydrogen (secondary N) is 1. The van der Waals surface area contributed by atoms with Gasteiger partial charge in [-0.25, -0.2) is 4.79 Å². The molecule has 10 heavy (non-hydrogen) atoms. The predicted molar refractivity (Wildman–Crippen MR) is 36.2 cm³/mol. The van der Waals surface area contributed by atoms with Crippen molar-refractivity contribution in [2.75, 3.05) is 6.61 Å². The van der Waals surface area contributed by atoms with Crippen molar-refractivity contribution in [3.8, 4) is 0 Å². The summed E-state index contributed by atoms with van der Waals surface area (Å²) in [5.74, 6) is -1.77. The minimum atomic E-state index is -1.25. The van der Waals surface area contributed by atoms with Crippen LogP contribution in [0.15, 0.2) is 0 Å². The maximum absolute atomic E-state index is 10.1. The molecule has 1 atom stereocenters. The first-order valence-electron chi connectivity index (χ1n) is 3.06. The molecule has 0 amide bonds. The Bertz CT molecular complexity index is 140. The lowest BCUT2D eigenvalue weighted by atomic mass is 10.0. The lowest BCUT2D eigenvalue weighted by Gasteiger charge is -2.07. The molecular weight excluding hydrogens is 134 g/mol. The van der Waals surface area contributed by atoms with Crippen molar-refractivity contribution >= 4 is 11.7 Å². The van der Waals surface area contributed by atoms with Gasteiger partial charge in [0.2, 0.25) is 0 Å². The van der Waals surface area contributed by atoms with E-state index in [1.807, 2.05) is 0 Å². The molecule has 0 radical (unpaired) electrons. The summed E-state index contributed by atoms with van der Waals surface area (Å²) in [4.78, 5) is 10.1. The van der Waals surface area contributed by atoms with Crippen LogP contribution in [-0.4, -0.2) is 28.5 Å². The lowest BCUT2D eigenvalue weighted by molar-refractivity contribution is -0.129. The zero-order chi connectivity index (χ0) is 8.15. The second-order valence-electron chi connectivity index (χ2n) is 2.01. The summed E-state index contributed by atoms with van der Waals surface area (Å²) in [6.07, 6.45) is 0.488. The molecule has 0 aliphatic heterocycles. The quantitative estimate of drug-likeness (QED) is 0.491. The van der Waals surface area contributed by atoms with Crippen molar-refractivity contribution in [2.45, 2.75) is 13.3 Å². The zero-order valence-corrected chi connectivity index (χ0v) is 5.79. The summed E-state index contributed by atoms with van der Waals surface area (Å²) < 4.78 is 0. The van der Waals surface area contributed by atoms with Crippen LogP contribution in [0.5, 0.6) is 0 Å². The van der Waals surface area contributed by atoms with Gasteiger partial charge in [-0.3, -0.25) is 5.41 Å². The number of rotatable bonds is 4. The number of hydrogen-bond acceptors (Lipinski definition) is 3. The summed E-state index contributed by atoms with van der Waals surface area (Å²) in [6.45, 7) is 1.47. The van der Waals surface area contributed by atoms with E-state index in [4.69, 9.17) is 15.6 Å². The van der Waals surface area contributed by atoms with E-state index in [0.29, 0.717) is 6.42 Å². The molecule has 0 saturated heterocycles. The Kier molecular flexibility index (Phi) is 3.64. The lowest BCUT2D eigenvalue weighted by Crippen LogP contribution is -2.24. The summed E-state index contributed by atoms with van der Waals surface area (Å²) in [6, 6.07) is 0. The van der Waals surface area contributed by atoms with Crippen molar-refractivity contribution in [3.63, 3.8) is 0 Å². The molecule has 0 spiro atoms. The van der Waals surface area contributed by atoms with E-state index in [9.17, 15) is 4.79 Å². The van der Waals surface area contributed by atoms with Crippen molar-refractivity contribution in [1.82, 2.24) is 0 Å². The summed E-state index contributed by atoms with van der Waals surface area (Å²) in [7, 11) is 0. The molecule has 58 valence electrons. The second-order valence-corrected chi connectivity index (χ2v) is 2.01. The van der Waals surface area contributed by atoms with E-state index in [1.165, 1.54) is 0 Å². The molecular formula is C6H11NO3. The Labute approximate surface area is 59.0 Å². The van der Waals surface area contributed by atoms with Crippen LogP contribution in [0.3, 0.4) is 0 Å². The van der Waals surface area contributed by atoms with E-state index in [1.54, 1.807) is 6.92 Å². The van der Waals surface area contributed by atoms with Crippen LogP contribution in [0, 0.1) is 11.3 Å². The van der Waals surface area contributed by atoms with Gasteiger partial charge in [0.1, 0.15) is 5.71 Å². The number of carbonyl (C=O) groups is 1. The standard InChI is InChI=1S/C6H11NO3/c1-2-4(3-8)5(7)6(9)10/h4,7-8H,2-3H2,1H3,(H,9,10)/t4-/m1/s1. The molecule has 0 aromatic rings. The molecule has 0 bridgehead atoms. The summed E-state index contributed by atoms with van der Waals surface area (Å²) in [5, 5.41) is 23.8. The van der Waals surface area contributed by atoms with Gasteiger partial charge >= 0.3 is 5.97 Å². The van der Waals surface area contributed by atoms with Crippen LogP contribution >= 0.6 is 0 Å². The highest BCUT2D eigenvalue weighted by atomic mass is 16.4. The highest BCUT2D eigenvalue weighted by molar-refractivity contribution is 6.35. The van der Waals surface area contributed by atoms with Crippen LogP contribution in [0.2, 0.25) is 0 Å². The number of carboxylic acid groups (broad SMARTS) is 1. The zero-order valence-electron chi connectivity index (χ0n) is 5.79. The molecule has 0 aromatic carbocycles. The van der Waals surface area contributed by atoms with Gasteiger partial charge in [0.05, 0.1) is 6.61 Å². The Hall–Kier alpha value is -0.900. The fourth-order valence-corrected chi connectivity index (χ4v) is 0.599. The van der Waals surface area contributed by atoms with E-state index in [-0.39, 0.29) is 6.61 Å². The second kappa shape index (κ2) is 4.00. The SMILES string of the molecule is CC[C@H](CO)C(=N)C(=O)O. The van der Waals surface area contributed by atoms with Crippen molar-refractivity contribution in [3.05, 3.63) is 0 Å². The van der Waals surface area contributed by atoms with Gasteiger partial charge in [-0.1, -0.05) is 6.92 Å². The smallest absolute Gasteiger partial charge is 0.349 e. The van der Waals surface area contributed by atoms with Crippen molar-refractivity contribution in [2.24, 2.45) is 5.92 Å². The number of carboxylic acids is 1. The van der Waals surface area contributed by atoms with Gasteiger partial charge in [0.25, 0.3) is 0 Å². The maximum Gasteiger partial charge on any atom is 0.349 e. The van der Waals surface area contributed by atoms with E-state index >= 15 is 0 Å². The fraction of sp³-hybridized carbons (Fsp3) is 0.667. The van der Waals surface area contributed by atoms with Crippen molar-refractivity contribution in [1.29, 1.82) is 5.41 Å². The first kappa shape index (κ1) is 9.10. The normalized spacial score (nSPS) is 12.6. The van der Waals surface area contributed by atoms with Crippen LogP contribution in [0.4, 0.5) is 0 Å². The van der Waals surface area contributed by atoms with Crippen LogP contribution in [-0.2, 0) is 4.79 Å². The van der Waals surface area contributed by atoms with Gasteiger partial charge < -0.3 is 10.2 Å². The highest BCUT2D eigenvalue weighted by Crippen LogP contribution is 2.02. The topological polar surface area (TPSA) is 81.4 Å². The Morgan fingerprint density at radius 1 is 1.70 bits per heavy atom. The third kappa shape index (κ3) is 2.14. The highest BCUT2D eigenvalue weighted by Gasteiger charge is 2.17. The molecule has 0 unspecified atom stereocenters. The molecule has 0 heterocycles. The minimum Gasteiger partial charge on any atom is -0.477 e. The van der Waals surface area contributed by atoms with Gasteiger partial charge in [0, 0.05) is 5.92 Å². The number of aliphatic hydroxyl groups is 1. The summed E-state index contributed by atoms with van der Waals surface area (Å²) in [5.41, 5.74) is -0.412. The summed E-state index contributed by atoms with van der Waals surface area (Å²) >= 11 is 0.